The maximum absolute atomic E-state index is 11.1. The zero-order valence-electron chi connectivity index (χ0n) is 11.2. The molecule has 0 amide bonds. The van der Waals surface area contributed by atoms with Gasteiger partial charge in [0.15, 0.2) is 0 Å². The van der Waals surface area contributed by atoms with Crippen LogP contribution in [0.15, 0.2) is 24.3 Å². The first kappa shape index (κ1) is 12.2. The van der Waals surface area contributed by atoms with E-state index in [-0.39, 0.29) is 0 Å². The normalized spacial score (nSPS) is 35.4. The molecule has 2 unspecified atom stereocenters. The average molecular weight is 245 g/mol. The third-order valence-corrected chi connectivity index (χ3v) is 4.64. The molecule has 2 nitrogen and oxygen atoms in total. The fourth-order valence-corrected chi connectivity index (χ4v) is 3.83. The standard InChI is InChI=1S/C16H23NO/c1-2-12-6-3-4-9-15(12)16(18)10-13-7-5-8-14(11-16)17-13/h3-4,6,9,13-14,17-18H,2,5,7-8,10-11H2,1H3. The predicted octanol–water partition coefficient (Wildman–Crippen LogP) is 2.74. The van der Waals surface area contributed by atoms with Crippen molar-refractivity contribution in [1.82, 2.24) is 5.32 Å². The molecule has 0 aromatic heterocycles. The third kappa shape index (κ3) is 2.08. The molecule has 18 heavy (non-hydrogen) atoms. The summed E-state index contributed by atoms with van der Waals surface area (Å²) < 4.78 is 0. The lowest BCUT2D eigenvalue weighted by molar-refractivity contribution is -0.0364. The minimum Gasteiger partial charge on any atom is -0.385 e. The fourth-order valence-electron chi connectivity index (χ4n) is 3.83. The zero-order chi connectivity index (χ0) is 12.6. The number of hydrogen-bond acceptors (Lipinski definition) is 2. The molecule has 2 bridgehead atoms. The van der Waals surface area contributed by atoms with Gasteiger partial charge in [-0.2, -0.15) is 0 Å². The molecular weight excluding hydrogens is 222 g/mol. The van der Waals surface area contributed by atoms with Crippen molar-refractivity contribution in [2.24, 2.45) is 0 Å². The summed E-state index contributed by atoms with van der Waals surface area (Å²) in [5, 5.41) is 14.8. The van der Waals surface area contributed by atoms with Crippen molar-refractivity contribution >= 4 is 0 Å². The molecule has 2 heterocycles. The summed E-state index contributed by atoms with van der Waals surface area (Å²) in [6, 6.07) is 9.43. The second kappa shape index (κ2) is 4.67. The Labute approximate surface area is 109 Å². The Bertz CT molecular complexity index is 417. The maximum Gasteiger partial charge on any atom is 0.0928 e. The number of aliphatic hydroxyl groups is 1. The van der Waals surface area contributed by atoms with Crippen LogP contribution in [-0.2, 0) is 12.0 Å². The molecule has 3 rings (SSSR count). The summed E-state index contributed by atoms with van der Waals surface area (Å²) >= 11 is 0. The number of nitrogens with one attached hydrogen (secondary N) is 1. The van der Waals surface area contributed by atoms with Crippen LogP contribution in [0.2, 0.25) is 0 Å². The Balaban J connectivity index is 1.94. The fraction of sp³-hybridized carbons (Fsp3) is 0.625. The van der Waals surface area contributed by atoms with E-state index in [1.165, 1.54) is 30.4 Å². The van der Waals surface area contributed by atoms with E-state index in [0.717, 1.165) is 19.3 Å². The van der Waals surface area contributed by atoms with E-state index < -0.39 is 5.60 Å². The van der Waals surface area contributed by atoms with E-state index in [1.807, 2.05) is 0 Å². The Kier molecular flexibility index (Phi) is 3.16. The predicted molar refractivity (Wildman–Crippen MR) is 73.5 cm³/mol. The van der Waals surface area contributed by atoms with Gasteiger partial charge in [-0.15, -0.1) is 0 Å². The monoisotopic (exact) mass is 245 g/mol. The second-order valence-electron chi connectivity index (χ2n) is 5.94. The van der Waals surface area contributed by atoms with E-state index in [1.54, 1.807) is 0 Å². The molecule has 2 N–H and O–H groups in total. The number of fused-ring (bicyclic) bond motifs is 2. The average Bonchev–Trinajstić information content (AvgIpc) is 2.38. The van der Waals surface area contributed by atoms with Crippen molar-refractivity contribution in [1.29, 1.82) is 0 Å². The van der Waals surface area contributed by atoms with Gasteiger partial charge in [-0.25, -0.2) is 0 Å². The van der Waals surface area contributed by atoms with Crippen LogP contribution in [0.3, 0.4) is 0 Å². The van der Waals surface area contributed by atoms with Gasteiger partial charge in [0.1, 0.15) is 0 Å². The number of rotatable bonds is 2. The molecular formula is C16H23NO. The maximum atomic E-state index is 11.1. The van der Waals surface area contributed by atoms with Crippen LogP contribution in [0.4, 0.5) is 0 Å². The van der Waals surface area contributed by atoms with Crippen LogP contribution in [0, 0.1) is 0 Å². The highest BCUT2D eigenvalue weighted by Gasteiger charge is 2.42. The smallest absolute Gasteiger partial charge is 0.0928 e. The molecule has 2 saturated heterocycles. The van der Waals surface area contributed by atoms with Crippen LogP contribution >= 0.6 is 0 Å². The summed E-state index contributed by atoms with van der Waals surface area (Å²) in [6.07, 6.45) is 6.50. The van der Waals surface area contributed by atoms with Gasteiger partial charge in [0, 0.05) is 12.1 Å². The molecule has 2 atom stereocenters. The summed E-state index contributed by atoms with van der Waals surface area (Å²) in [5.74, 6) is 0. The van der Waals surface area contributed by atoms with Crippen LogP contribution in [0.5, 0.6) is 0 Å². The quantitative estimate of drug-likeness (QED) is 0.839. The van der Waals surface area contributed by atoms with Gasteiger partial charge in [0.25, 0.3) is 0 Å². The molecule has 2 fully saturated rings. The van der Waals surface area contributed by atoms with Crippen LogP contribution in [0.1, 0.15) is 50.2 Å². The van der Waals surface area contributed by atoms with Crippen LogP contribution in [-0.4, -0.2) is 17.2 Å². The molecule has 0 saturated carbocycles. The van der Waals surface area contributed by atoms with E-state index in [9.17, 15) is 5.11 Å². The van der Waals surface area contributed by atoms with Crippen molar-refractivity contribution in [3.05, 3.63) is 35.4 Å². The van der Waals surface area contributed by atoms with E-state index in [4.69, 9.17) is 0 Å². The minimum absolute atomic E-state index is 0.507. The molecule has 0 spiro atoms. The number of benzene rings is 1. The highest BCUT2D eigenvalue weighted by molar-refractivity contribution is 5.33. The Hall–Kier alpha value is -0.860. The van der Waals surface area contributed by atoms with Crippen molar-refractivity contribution in [2.45, 2.75) is 63.1 Å². The topological polar surface area (TPSA) is 32.3 Å². The first-order valence-electron chi connectivity index (χ1n) is 7.28. The summed E-state index contributed by atoms with van der Waals surface area (Å²) in [7, 11) is 0. The molecule has 0 aliphatic carbocycles. The molecule has 2 heteroatoms. The van der Waals surface area contributed by atoms with Crippen LogP contribution < -0.4 is 5.32 Å². The van der Waals surface area contributed by atoms with Crippen molar-refractivity contribution in [2.75, 3.05) is 0 Å². The second-order valence-corrected chi connectivity index (χ2v) is 5.94. The lowest BCUT2D eigenvalue weighted by atomic mass is 9.72. The van der Waals surface area contributed by atoms with Crippen molar-refractivity contribution in [3.63, 3.8) is 0 Å². The highest BCUT2D eigenvalue weighted by Crippen LogP contribution is 2.40. The molecule has 2 aliphatic rings. The lowest BCUT2D eigenvalue weighted by Crippen LogP contribution is -2.54. The van der Waals surface area contributed by atoms with Crippen molar-refractivity contribution in [3.8, 4) is 0 Å². The molecule has 2 aliphatic heterocycles. The summed E-state index contributed by atoms with van der Waals surface area (Å²) in [6.45, 7) is 2.17. The van der Waals surface area contributed by atoms with E-state index >= 15 is 0 Å². The first-order chi connectivity index (χ1) is 8.71. The zero-order valence-corrected chi connectivity index (χ0v) is 11.2. The SMILES string of the molecule is CCc1ccccc1C1(O)CC2CCCC(C1)N2. The molecule has 98 valence electrons. The number of hydrogen-bond donors (Lipinski definition) is 2. The summed E-state index contributed by atoms with van der Waals surface area (Å²) in [5.41, 5.74) is 1.87. The van der Waals surface area contributed by atoms with E-state index in [2.05, 4.69) is 36.5 Å². The van der Waals surface area contributed by atoms with Crippen molar-refractivity contribution < 1.29 is 5.11 Å². The minimum atomic E-state index is -0.604. The van der Waals surface area contributed by atoms with Gasteiger partial charge in [-0.3, -0.25) is 0 Å². The number of piperidine rings is 2. The molecule has 0 radical (unpaired) electrons. The van der Waals surface area contributed by atoms with Gasteiger partial charge < -0.3 is 10.4 Å². The molecule has 1 aromatic rings. The Morgan fingerprint density at radius 1 is 1.22 bits per heavy atom. The highest BCUT2D eigenvalue weighted by atomic mass is 16.3. The molecule has 1 aromatic carbocycles. The van der Waals surface area contributed by atoms with Gasteiger partial charge in [-0.1, -0.05) is 37.6 Å². The summed E-state index contributed by atoms with van der Waals surface area (Å²) in [4.78, 5) is 0. The Morgan fingerprint density at radius 2 is 1.89 bits per heavy atom. The van der Waals surface area contributed by atoms with E-state index in [0.29, 0.717) is 12.1 Å². The first-order valence-corrected chi connectivity index (χ1v) is 7.28. The van der Waals surface area contributed by atoms with Gasteiger partial charge in [0.2, 0.25) is 0 Å². The Morgan fingerprint density at radius 3 is 2.56 bits per heavy atom. The largest absolute Gasteiger partial charge is 0.385 e. The van der Waals surface area contributed by atoms with Crippen LogP contribution in [0.25, 0.3) is 0 Å². The van der Waals surface area contributed by atoms with Gasteiger partial charge >= 0.3 is 0 Å². The lowest BCUT2D eigenvalue weighted by Gasteiger charge is -2.46. The third-order valence-electron chi connectivity index (χ3n) is 4.64. The van der Waals surface area contributed by atoms with Gasteiger partial charge in [-0.05, 0) is 43.2 Å². The number of aryl methyl sites for hydroxylation is 1. The van der Waals surface area contributed by atoms with Gasteiger partial charge in [0.05, 0.1) is 5.60 Å².